The number of aryl methyl sites for hydroxylation is 1. The second-order valence-electron chi connectivity index (χ2n) is 6.69. The lowest BCUT2D eigenvalue weighted by Gasteiger charge is -2.33. The molecule has 2 atom stereocenters. The third-order valence-corrected chi connectivity index (χ3v) is 4.99. The lowest BCUT2D eigenvalue weighted by molar-refractivity contribution is -0.140. The van der Waals surface area contributed by atoms with Crippen LogP contribution < -0.4 is 0 Å². The zero-order valence-corrected chi connectivity index (χ0v) is 14.9. The van der Waals surface area contributed by atoms with Gasteiger partial charge in [-0.05, 0) is 12.5 Å². The quantitative estimate of drug-likeness (QED) is 0.808. The van der Waals surface area contributed by atoms with Crippen LogP contribution in [0.5, 0.6) is 0 Å². The molecule has 25 heavy (non-hydrogen) atoms. The second-order valence-corrected chi connectivity index (χ2v) is 6.69. The summed E-state index contributed by atoms with van der Waals surface area (Å²) in [7, 11) is 1.62. The number of carbonyl (C=O) groups excluding carboxylic acids is 2. The number of methoxy groups -OCH3 is 1. The Balaban J connectivity index is 1.89. The summed E-state index contributed by atoms with van der Waals surface area (Å²) >= 11 is 0. The van der Waals surface area contributed by atoms with Gasteiger partial charge in [0, 0.05) is 33.2 Å². The minimum absolute atomic E-state index is 0.0233. The van der Waals surface area contributed by atoms with Gasteiger partial charge in [-0.3, -0.25) is 9.59 Å². The van der Waals surface area contributed by atoms with E-state index in [1.807, 2.05) is 30.0 Å². The molecule has 136 valence electrons. The average molecular weight is 346 g/mol. The smallest absolute Gasteiger partial charge is 0.228 e. The molecular formula is C19H26N2O4. The Labute approximate surface area is 148 Å². The van der Waals surface area contributed by atoms with Gasteiger partial charge in [0.1, 0.15) is 0 Å². The van der Waals surface area contributed by atoms with Crippen LogP contribution in [0.15, 0.2) is 24.3 Å². The van der Waals surface area contributed by atoms with Crippen LogP contribution in [0.2, 0.25) is 0 Å². The molecule has 2 aliphatic heterocycles. The molecule has 0 aromatic heterocycles. The van der Waals surface area contributed by atoms with Crippen molar-refractivity contribution in [1.82, 2.24) is 9.80 Å². The number of hydrogen-bond acceptors (Lipinski definition) is 4. The van der Waals surface area contributed by atoms with Gasteiger partial charge in [0.05, 0.1) is 31.8 Å². The standard InChI is InChI=1S/C19H26N2O4/c1-14-4-3-5-15(12-14)18-16(13-17(22)21(18)8-9-24-2)19(23)20-6-10-25-11-7-20/h3-5,12,16,18H,6-11,13H2,1-2H3/t16-,18+/m1/s1. The monoisotopic (exact) mass is 346 g/mol. The molecule has 2 aliphatic rings. The molecule has 2 heterocycles. The molecule has 0 radical (unpaired) electrons. The number of morpholine rings is 1. The van der Waals surface area contributed by atoms with E-state index in [0.717, 1.165) is 11.1 Å². The molecule has 6 heteroatoms. The number of amides is 2. The Bertz CT molecular complexity index is 628. The first kappa shape index (κ1) is 17.9. The molecule has 0 unspecified atom stereocenters. The first-order valence-electron chi connectivity index (χ1n) is 8.83. The number of likely N-dealkylation sites (tertiary alicyclic amines) is 1. The molecule has 2 amide bonds. The molecule has 2 saturated heterocycles. The van der Waals surface area contributed by atoms with Crippen LogP contribution in [-0.4, -0.2) is 68.2 Å². The number of hydrogen-bond donors (Lipinski definition) is 0. The Kier molecular flexibility index (Phi) is 5.71. The third kappa shape index (κ3) is 3.85. The molecule has 2 fully saturated rings. The molecule has 6 nitrogen and oxygen atoms in total. The minimum Gasteiger partial charge on any atom is -0.383 e. The van der Waals surface area contributed by atoms with Crippen molar-refractivity contribution in [3.8, 4) is 0 Å². The first-order valence-corrected chi connectivity index (χ1v) is 8.83. The topological polar surface area (TPSA) is 59.1 Å². The molecule has 1 aromatic carbocycles. The van der Waals surface area contributed by atoms with Crippen LogP contribution in [0.25, 0.3) is 0 Å². The predicted molar refractivity (Wildman–Crippen MR) is 93.0 cm³/mol. The summed E-state index contributed by atoms with van der Waals surface area (Å²) in [4.78, 5) is 29.4. The summed E-state index contributed by atoms with van der Waals surface area (Å²) in [5, 5.41) is 0. The largest absolute Gasteiger partial charge is 0.383 e. The Hall–Kier alpha value is -1.92. The Morgan fingerprint density at radius 3 is 2.76 bits per heavy atom. The maximum atomic E-state index is 13.1. The van der Waals surface area contributed by atoms with Crippen molar-refractivity contribution in [1.29, 1.82) is 0 Å². The van der Waals surface area contributed by atoms with E-state index >= 15 is 0 Å². The summed E-state index contributed by atoms with van der Waals surface area (Å²) in [6.45, 7) is 5.32. The maximum absolute atomic E-state index is 13.1. The van der Waals surface area contributed by atoms with E-state index in [4.69, 9.17) is 9.47 Å². The van der Waals surface area contributed by atoms with E-state index in [-0.39, 0.29) is 30.2 Å². The molecule has 0 saturated carbocycles. The molecule has 0 aliphatic carbocycles. The number of nitrogens with zero attached hydrogens (tertiary/aromatic N) is 2. The summed E-state index contributed by atoms with van der Waals surface area (Å²) in [5.41, 5.74) is 2.15. The van der Waals surface area contributed by atoms with Crippen molar-refractivity contribution >= 4 is 11.8 Å². The summed E-state index contributed by atoms with van der Waals surface area (Å²) in [5.74, 6) is -0.262. The van der Waals surface area contributed by atoms with Crippen molar-refractivity contribution in [2.24, 2.45) is 5.92 Å². The van der Waals surface area contributed by atoms with E-state index in [0.29, 0.717) is 39.5 Å². The van der Waals surface area contributed by atoms with Gasteiger partial charge < -0.3 is 19.3 Å². The van der Waals surface area contributed by atoms with Gasteiger partial charge in [-0.2, -0.15) is 0 Å². The Morgan fingerprint density at radius 1 is 1.32 bits per heavy atom. The lowest BCUT2D eigenvalue weighted by Crippen LogP contribution is -2.45. The minimum atomic E-state index is -0.343. The molecule has 0 spiro atoms. The van der Waals surface area contributed by atoms with Crippen molar-refractivity contribution in [2.45, 2.75) is 19.4 Å². The van der Waals surface area contributed by atoms with Crippen LogP contribution in [0.4, 0.5) is 0 Å². The van der Waals surface area contributed by atoms with Gasteiger partial charge >= 0.3 is 0 Å². The zero-order chi connectivity index (χ0) is 17.8. The van der Waals surface area contributed by atoms with Gasteiger partial charge in [-0.1, -0.05) is 29.8 Å². The molecule has 1 aromatic rings. The molecule has 3 rings (SSSR count). The van der Waals surface area contributed by atoms with Crippen LogP contribution in [0, 0.1) is 12.8 Å². The second kappa shape index (κ2) is 7.97. The maximum Gasteiger partial charge on any atom is 0.228 e. The third-order valence-electron chi connectivity index (χ3n) is 4.99. The highest BCUT2D eigenvalue weighted by Gasteiger charge is 2.45. The highest BCUT2D eigenvalue weighted by Crippen LogP contribution is 2.39. The number of rotatable bonds is 5. The van der Waals surface area contributed by atoms with E-state index in [1.165, 1.54) is 0 Å². The molecular weight excluding hydrogens is 320 g/mol. The van der Waals surface area contributed by atoms with Crippen LogP contribution in [-0.2, 0) is 19.1 Å². The Morgan fingerprint density at radius 2 is 2.08 bits per heavy atom. The predicted octanol–water partition coefficient (Wildman–Crippen LogP) is 1.39. The van der Waals surface area contributed by atoms with E-state index in [1.54, 1.807) is 12.0 Å². The number of carbonyl (C=O) groups is 2. The SMILES string of the molecule is COCCN1C(=O)C[C@@H](C(=O)N2CCOCC2)[C@@H]1c1cccc(C)c1. The lowest BCUT2D eigenvalue weighted by atomic mass is 9.91. The summed E-state index contributed by atoms with van der Waals surface area (Å²) in [6, 6.07) is 7.87. The van der Waals surface area contributed by atoms with Crippen molar-refractivity contribution in [3.63, 3.8) is 0 Å². The van der Waals surface area contributed by atoms with E-state index in [9.17, 15) is 9.59 Å². The van der Waals surface area contributed by atoms with Gasteiger partial charge in [-0.25, -0.2) is 0 Å². The van der Waals surface area contributed by atoms with E-state index in [2.05, 4.69) is 6.07 Å². The van der Waals surface area contributed by atoms with E-state index < -0.39 is 0 Å². The normalized spacial score (nSPS) is 24.0. The fourth-order valence-electron chi connectivity index (χ4n) is 3.75. The van der Waals surface area contributed by atoms with Gasteiger partial charge in [0.15, 0.2) is 0 Å². The fourth-order valence-corrected chi connectivity index (χ4v) is 3.75. The fraction of sp³-hybridized carbons (Fsp3) is 0.579. The van der Waals surface area contributed by atoms with Crippen molar-refractivity contribution < 1.29 is 19.1 Å². The average Bonchev–Trinajstić information content (AvgIpc) is 2.96. The van der Waals surface area contributed by atoms with Crippen LogP contribution in [0.3, 0.4) is 0 Å². The van der Waals surface area contributed by atoms with Gasteiger partial charge in [0.25, 0.3) is 0 Å². The summed E-state index contributed by atoms with van der Waals surface area (Å²) in [6.07, 6.45) is 0.262. The van der Waals surface area contributed by atoms with Crippen molar-refractivity contribution in [3.05, 3.63) is 35.4 Å². The highest BCUT2D eigenvalue weighted by molar-refractivity contribution is 5.90. The zero-order valence-electron chi connectivity index (χ0n) is 14.9. The van der Waals surface area contributed by atoms with Crippen molar-refractivity contribution in [2.75, 3.05) is 46.6 Å². The number of ether oxygens (including phenoxy) is 2. The summed E-state index contributed by atoms with van der Waals surface area (Å²) < 4.78 is 10.5. The molecule has 0 N–H and O–H groups in total. The first-order chi connectivity index (χ1) is 12.1. The number of benzene rings is 1. The van der Waals surface area contributed by atoms with Gasteiger partial charge in [0.2, 0.25) is 11.8 Å². The highest BCUT2D eigenvalue weighted by atomic mass is 16.5. The molecule has 0 bridgehead atoms. The van der Waals surface area contributed by atoms with Crippen LogP contribution >= 0.6 is 0 Å². The van der Waals surface area contributed by atoms with Gasteiger partial charge in [-0.15, -0.1) is 0 Å². The van der Waals surface area contributed by atoms with Crippen LogP contribution in [0.1, 0.15) is 23.6 Å².